The van der Waals surface area contributed by atoms with E-state index in [9.17, 15) is 0 Å². The van der Waals surface area contributed by atoms with Gasteiger partial charge in [-0.1, -0.05) is 0 Å². The van der Waals surface area contributed by atoms with Crippen LogP contribution >= 0.6 is 23.1 Å². The highest BCUT2D eigenvalue weighted by atomic mass is 32.2. The quantitative estimate of drug-likeness (QED) is 0.448. The van der Waals surface area contributed by atoms with E-state index in [4.69, 9.17) is 11.1 Å². The van der Waals surface area contributed by atoms with Crippen molar-refractivity contribution in [3.63, 3.8) is 0 Å². The molecule has 0 saturated carbocycles. The van der Waals surface area contributed by atoms with E-state index in [0.29, 0.717) is 6.42 Å². The van der Waals surface area contributed by atoms with E-state index in [-0.39, 0.29) is 5.84 Å². The molecule has 72 valence electrons. The highest BCUT2D eigenvalue weighted by molar-refractivity contribution is 7.98. The normalized spacial score (nSPS) is 10.2. The average Bonchev–Trinajstić information content (AvgIpc) is 2.45. The molecule has 13 heavy (non-hydrogen) atoms. The highest BCUT2D eigenvalue weighted by Gasteiger charge is 1.98. The molecular weight excluding hydrogens is 202 g/mol. The molecule has 3 N–H and O–H groups in total. The van der Waals surface area contributed by atoms with Crippen molar-refractivity contribution in [2.75, 3.05) is 5.75 Å². The first-order valence-corrected chi connectivity index (χ1v) is 6.03. The van der Waals surface area contributed by atoms with Crippen LogP contribution in [0.25, 0.3) is 0 Å². The molecule has 0 fully saturated rings. The number of amidine groups is 1. The largest absolute Gasteiger partial charge is 0.388 e. The first-order valence-electron chi connectivity index (χ1n) is 4.00. The topological polar surface area (TPSA) is 62.8 Å². The van der Waals surface area contributed by atoms with Gasteiger partial charge in [0.1, 0.15) is 0 Å². The predicted octanol–water partition coefficient (Wildman–Crippen LogP) is 2.01. The number of hydrogen-bond donors (Lipinski definition) is 2. The van der Waals surface area contributed by atoms with E-state index in [2.05, 4.69) is 10.4 Å². The molecule has 0 spiro atoms. The number of rotatable bonds is 5. The molecule has 0 bridgehead atoms. The summed E-state index contributed by atoms with van der Waals surface area (Å²) >= 11 is 3.45. The first kappa shape index (κ1) is 10.5. The summed E-state index contributed by atoms with van der Waals surface area (Å²) in [6, 6.07) is 0. The number of aryl methyl sites for hydroxylation is 1. The van der Waals surface area contributed by atoms with Gasteiger partial charge in [0, 0.05) is 23.3 Å². The van der Waals surface area contributed by atoms with Crippen LogP contribution in [0.4, 0.5) is 0 Å². The third-order valence-electron chi connectivity index (χ3n) is 1.43. The van der Waals surface area contributed by atoms with Crippen LogP contribution in [0.2, 0.25) is 0 Å². The molecule has 0 saturated heterocycles. The van der Waals surface area contributed by atoms with Crippen LogP contribution in [-0.2, 0) is 5.75 Å². The molecule has 0 radical (unpaired) electrons. The summed E-state index contributed by atoms with van der Waals surface area (Å²) in [4.78, 5) is 4.34. The fourth-order valence-corrected chi connectivity index (χ4v) is 2.42. The minimum absolute atomic E-state index is 0.266. The molecule has 1 rings (SSSR count). The number of nitrogens with zero attached hydrogens (tertiary/aromatic N) is 1. The van der Waals surface area contributed by atoms with E-state index < -0.39 is 0 Å². The van der Waals surface area contributed by atoms with Crippen LogP contribution in [0.3, 0.4) is 0 Å². The minimum Gasteiger partial charge on any atom is -0.388 e. The van der Waals surface area contributed by atoms with Gasteiger partial charge in [-0.2, -0.15) is 11.8 Å². The summed E-state index contributed by atoms with van der Waals surface area (Å²) in [5.41, 5.74) is 6.37. The fraction of sp³-hybridized carbons (Fsp3) is 0.500. The summed E-state index contributed by atoms with van der Waals surface area (Å²) in [6.07, 6.45) is 0.674. The number of nitrogens with two attached hydrogens (primary N) is 1. The molecule has 1 heterocycles. The van der Waals surface area contributed by atoms with Gasteiger partial charge in [-0.3, -0.25) is 5.41 Å². The predicted molar refractivity (Wildman–Crippen MR) is 59.5 cm³/mol. The molecule has 0 atom stereocenters. The van der Waals surface area contributed by atoms with Crippen molar-refractivity contribution in [3.8, 4) is 0 Å². The Morgan fingerprint density at radius 3 is 3.08 bits per heavy atom. The lowest BCUT2D eigenvalue weighted by Crippen LogP contribution is -2.09. The lowest BCUT2D eigenvalue weighted by atomic mass is 10.5. The second-order valence-electron chi connectivity index (χ2n) is 2.69. The summed E-state index contributed by atoms with van der Waals surface area (Å²) in [6.45, 7) is 2.01. The zero-order chi connectivity index (χ0) is 9.68. The van der Waals surface area contributed by atoms with Crippen LogP contribution in [-0.4, -0.2) is 16.6 Å². The number of nitrogens with one attached hydrogen (secondary N) is 1. The second-order valence-corrected chi connectivity index (χ2v) is 4.85. The number of thiazole rings is 1. The van der Waals surface area contributed by atoms with E-state index >= 15 is 0 Å². The molecule has 0 aliphatic heterocycles. The first-order chi connectivity index (χ1) is 6.18. The van der Waals surface area contributed by atoms with Crippen LogP contribution in [0.1, 0.15) is 17.1 Å². The Labute approximate surface area is 86.3 Å². The Bertz CT molecular complexity index is 283. The van der Waals surface area contributed by atoms with Gasteiger partial charge in [-0.25, -0.2) is 4.98 Å². The molecular formula is C8H13N3S2. The second kappa shape index (κ2) is 5.24. The van der Waals surface area contributed by atoms with Crippen molar-refractivity contribution in [3.05, 3.63) is 16.1 Å². The molecule has 5 heteroatoms. The molecule has 0 amide bonds. The maximum absolute atomic E-state index is 7.03. The molecule has 0 aliphatic rings. The smallest absolute Gasteiger partial charge is 0.0913 e. The van der Waals surface area contributed by atoms with Crippen LogP contribution in [0.5, 0.6) is 0 Å². The van der Waals surface area contributed by atoms with Crippen molar-refractivity contribution in [1.82, 2.24) is 4.98 Å². The Morgan fingerprint density at radius 1 is 1.77 bits per heavy atom. The van der Waals surface area contributed by atoms with Gasteiger partial charge in [-0.05, 0) is 6.92 Å². The Morgan fingerprint density at radius 2 is 2.54 bits per heavy atom. The molecule has 0 aliphatic carbocycles. The molecule has 1 aromatic rings. The number of aromatic nitrogens is 1. The minimum atomic E-state index is 0.266. The summed E-state index contributed by atoms with van der Waals surface area (Å²) < 4.78 is 0. The van der Waals surface area contributed by atoms with Gasteiger partial charge < -0.3 is 5.73 Å². The van der Waals surface area contributed by atoms with Crippen molar-refractivity contribution in [2.45, 2.75) is 19.1 Å². The molecule has 3 nitrogen and oxygen atoms in total. The van der Waals surface area contributed by atoms with Gasteiger partial charge in [-0.15, -0.1) is 11.3 Å². The fourth-order valence-electron chi connectivity index (χ4n) is 0.833. The standard InChI is InChI=1S/C8H13N3S2/c1-6-11-7(5-13-6)4-12-3-2-8(9)10/h5H,2-4H2,1H3,(H3,9,10). The van der Waals surface area contributed by atoms with Gasteiger partial charge in [0.05, 0.1) is 16.5 Å². The molecule has 1 aromatic heterocycles. The van der Waals surface area contributed by atoms with Crippen LogP contribution in [0, 0.1) is 12.3 Å². The van der Waals surface area contributed by atoms with Crippen molar-refractivity contribution in [1.29, 1.82) is 5.41 Å². The van der Waals surface area contributed by atoms with Crippen molar-refractivity contribution < 1.29 is 0 Å². The Hall–Kier alpha value is -0.550. The third-order valence-corrected chi connectivity index (χ3v) is 3.25. The number of hydrogen-bond acceptors (Lipinski definition) is 4. The Kier molecular flexibility index (Phi) is 4.24. The Balaban J connectivity index is 2.16. The zero-order valence-electron chi connectivity index (χ0n) is 7.54. The van der Waals surface area contributed by atoms with Crippen molar-refractivity contribution in [2.24, 2.45) is 5.73 Å². The van der Waals surface area contributed by atoms with Gasteiger partial charge in [0.2, 0.25) is 0 Å². The maximum atomic E-state index is 7.03. The van der Waals surface area contributed by atoms with Gasteiger partial charge in [0.25, 0.3) is 0 Å². The molecule has 0 aromatic carbocycles. The van der Waals surface area contributed by atoms with E-state index in [0.717, 1.165) is 22.2 Å². The van der Waals surface area contributed by atoms with Gasteiger partial charge >= 0.3 is 0 Å². The monoisotopic (exact) mass is 215 g/mol. The lowest BCUT2D eigenvalue weighted by molar-refractivity contribution is 1.17. The SMILES string of the molecule is Cc1nc(CSCCC(=N)N)cs1. The van der Waals surface area contributed by atoms with Crippen LogP contribution in [0.15, 0.2) is 5.38 Å². The maximum Gasteiger partial charge on any atom is 0.0913 e. The summed E-state index contributed by atoms with van der Waals surface area (Å²) in [5.74, 6) is 2.10. The van der Waals surface area contributed by atoms with Crippen molar-refractivity contribution >= 4 is 28.9 Å². The number of thioether (sulfide) groups is 1. The van der Waals surface area contributed by atoms with E-state index in [1.807, 2.05) is 6.92 Å². The van der Waals surface area contributed by atoms with E-state index in [1.54, 1.807) is 23.1 Å². The summed E-state index contributed by atoms with van der Waals surface area (Å²) in [7, 11) is 0. The summed E-state index contributed by atoms with van der Waals surface area (Å²) in [5, 5.41) is 10.2. The van der Waals surface area contributed by atoms with Crippen LogP contribution < -0.4 is 5.73 Å². The third kappa shape index (κ3) is 4.28. The lowest BCUT2D eigenvalue weighted by Gasteiger charge is -1.97. The molecule has 0 unspecified atom stereocenters. The zero-order valence-corrected chi connectivity index (χ0v) is 9.17. The van der Waals surface area contributed by atoms with Gasteiger partial charge in [0.15, 0.2) is 0 Å². The van der Waals surface area contributed by atoms with E-state index in [1.165, 1.54) is 0 Å². The average molecular weight is 215 g/mol. The highest BCUT2D eigenvalue weighted by Crippen LogP contribution is 2.15.